The minimum atomic E-state index is 0.322. The van der Waals surface area contributed by atoms with Gasteiger partial charge in [0.2, 0.25) is 0 Å². The lowest BCUT2D eigenvalue weighted by atomic mass is 10.0. The molecule has 2 heteroatoms. The second-order valence-corrected chi connectivity index (χ2v) is 4.87. The quantitative estimate of drug-likeness (QED) is 0.762. The molecule has 1 aromatic carbocycles. The van der Waals surface area contributed by atoms with Crippen LogP contribution < -0.4 is 0 Å². The summed E-state index contributed by atoms with van der Waals surface area (Å²) < 4.78 is 0. The normalized spacial score (nSPS) is 15.3. The van der Waals surface area contributed by atoms with Gasteiger partial charge in [-0.1, -0.05) is 23.7 Å². The Labute approximate surface area is 95.4 Å². The Hall–Kier alpha value is -0.820. The van der Waals surface area contributed by atoms with Crippen LogP contribution in [0.3, 0.4) is 0 Å². The van der Waals surface area contributed by atoms with Crippen LogP contribution in [0.15, 0.2) is 18.2 Å². The second kappa shape index (κ2) is 4.36. The number of carbonyl (C=O) groups is 1. The van der Waals surface area contributed by atoms with Gasteiger partial charge in [0.25, 0.3) is 0 Å². The Morgan fingerprint density at radius 3 is 2.80 bits per heavy atom. The van der Waals surface area contributed by atoms with E-state index in [-0.39, 0.29) is 0 Å². The van der Waals surface area contributed by atoms with Crippen LogP contribution in [0.25, 0.3) is 0 Å². The van der Waals surface area contributed by atoms with E-state index < -0.39 is 0 Å². The summed E-state index contributed by atoms with van der Waals surface area (Å²) in [7, 11) is 0. The maximum Gasteiger partial charge on any atom is 0.137 e. The van der Waals surface area contributed by atoms with E-state index in [1.165, 1.54) is 12.8 Å². The molecule has 0 radical (unpaired) electrons. The molecule has 0 heterocycles. The number of Topliss-reactive ketones (excluding diaryl/α,β-unsaturated/α-hetero) is 1. The van der Waals surface area contributed by atoms with Crippen LogP contribution in [0, 0.1) is 12.8 Å². The average Bonchev–Trinajstić information content (AvgIpc) is 2.94. The third-order valence-electron chi connectivity index (χ3n) is 2.81. The summed E-state index contributed by atoms with van der Waals surface area (Å²) in [6, 6.07) is 5.88. The van der Waals surface area contributed by atoms with Crippen molar-refractivity contribution >= 4 is 17.4 Å². The van der Waals surface area contributed by atoms with Gasteiger partial charge in [-0.15, -0.1) is 0 Å². The third kappa shape index (κ3) is 3.07. The zero-order valence-corrected chi connectivity index (χ0v) is 9.68. The number of carbonyl (C=O) groups excluding carboxylic acids is 1. The summed E-state index contributed by atoms with van der Waals surface area (Å²) in [5.41, 5.74) is 2.10. The summed E-state index contributed by atoms with van der Waals surface area (Å²) in [5.74, 6) is 0.991. The molecule has 1 aliphatic carbocycles. The summed E-state index contributed by atoms with van der Waals surface area (Å²) >= 11 is 6.07. The molecular weight excluding hydrogens is 208 g/mol. The lowest BCUT2D eigenvalue weighted by Gasteiger charge is -2.04. The third-order valence-corrected chi connectivity index (χ3v) is 3.16. The van der Waals surface area contributed by atoms with E-state index in [0.29, 0.717) is 18.1 Å². The van der Waals surface area contributed by atoms with E-state index in [0.717, 1.165) is 22.6 Å². The molecular formula is C13H15ClO. The standard InChI is InChI=1S/C13H15ClO/c1-9-2-5-11(13(14)6-9)8-12(15)7-10-3-4-10/h2,5-6,10H,3-4,7-8H2,1H3. The highest BCUT2D eigenvalue weighted by molar-refractivity contribution is 6.31. The molecule has 1 saturated carbocycles. The number of hydrogen-bond donors (Lipinski definition) is 0. The fraction of sp³-hybridized carbons (Fsp3) is 0.462. The van der Waals surface area contributed by atoms with Crippen molar-refractivity contribution in [2.45, 2.75) is 32.6 Å². The van der Waals surface area contributed by atoms with Gasteiger partial charge < -0.3 is 0 Å². The maximum absolute atomic E-state index is 11.6. The highest BCUT2D eigenvalue weighted by Crippen LogP contribution is 2.33. The van der Waals surface area contributed by atoms with Crippen LogP contribution in [0.4, 0.5) is 0 Å². The fourth-order valence-electron chi connectivity index (χ4n) is 1.72. The predicted molar refractivity (Wildman–Crippen MR) is 62.2 cm³/mol. The van der Waals surface area contributed by atoms with Gasteiger partial charge in [0.15, 0.2) is 0 Å². The van der Waals surface area contributed by atoms with Crippen LogP contribution in [-0.2, 0) is 11.2 Å². The Balaban J connectivity index is 1.99. The van der Waals surface area contributed by atoms with E-state index in [2.05, 4.69) is 0 Å². The highest BCUT2D eigenvalue weighted by atomic mass is 35.5. The number of halogens is 1. The molecule has 0 atom stereocenters. The topological polar surface area (TPSA) is 17.1 Å². The fourth-order valence-corrected chi connectivity index (χ4v) is 2.03. The van der Waals surface area contributed by atoms with Crippen LogP contribution in [0.1, 0.15) is 30.4 Å². The number of benzene rings is 1. The summed E-state index contributed by atoms with van der Waals surface area (Å²) in [5, 5.41) is 0.721. The predicted octanol–water partition coefficient (Wildman–Crippen LogP) is 3.56. The van der Waals surface area contributed by atoms with E-state index in [4.69, 9.17) is 11.6 Å². The monoisotopic (exact) mass is 222 g/mol. The van der Waals surface area contributed by atoms with Crippen molar-refractivity contribution in [1.82, 2.24) is 0 Å². The maximum atomic E-state index is 11.6. The molecule has 0 unspecified atom stereocenters. The molecule has 1 fully saturated rings. The van der Waals surface area contributed by atoms with Crippen molar-refractivity contribution in [3.8, 4) is 0 Å². The molecule has 2 rings (SSSR count). The molecule has 0 N–H and O–H groups in total. The van der Waals surface area contributed by atoms with Gasteiger partial charge in [-0.3, -0.25) is 4.79 Å². The smallest absolute Gasteiger partial charge is 0.137 e. The molecule has 1 nitrogen and oxygen atoms in total. The van der Waals surface area contributed by atoms with E-state index in [9.17, 15) is 4.79 Å². The second-order valence-electron chi connectivity index (χ2n) is 4.46. The molecule has 15 heavy (non-hydrogen) atoms. The minimum absolute atomic E-state index is 0.322. The number of ketones is 1. The Morgan fingerprint density at radius 2 is 2.20 bits per heavy atom. The molecule has 0 bridgehead atoms. The van der Waals surface area contributed by atoms with Gasteiger partial charge in [0, 0.05) is 17.9 Å². The van der Waals surface area contributed by atoms with Crippen molar-refractivity contribution in [2.75, 3.05) is 0 Å². The molecule has 80 valence electrons. The Kier molecular flexibility index (Phi) is 3.11. The van der Waals surface area contributed by atoms with Crippen LogP contribution in [0.5, 0.6) is 0 Å². The molecule has 0 amide bonds. The van der Waals surface area contributed by atoms with Crippen LogP contribution >= 0.6 is 11.6 Å². The SMILES string of the molecule is Cc1ccc(CC(=O)CC2CC2)c(Cl)c1. The lowest BCUT2D eigenvalue weighted by molar-refractivity contribution is -0.118. The minimum Gasteiger partial charge on any atom is -0.299 e. The number of rotatable bonds is 4. The number of hydrogen-bond acceptors (Lipinski definition) is 1. The molecule has 0 aliphatic heterocycles. The highest BCUT2D eigenvalue weighted by Gasteiger charge is 2.24. The largest absolute Gasteiger partial charge is 0.299 e. The first kappa shape index (κ1) is 10.7. The van der Waals surface area contributed by atoms with E-state index >= 15 is 0 Å². The zero-order valence-electron chi connectivity index (χ0n) is 8.92. The molecule has 0 saturated heterocycles. The van der Waals surface area contributed by atoms with Gasteiger partial charge >= 0.3 is 0 Å². The van der Waals surface area contributed by atoms with Crippen LogP contribution in [0.2, 0.25) is 5.02 Å². The van der Waals surface area contributed by atoms with Gasteiger partial charge in [0.05, 0.1) is 0 Å². The van der Waals surface area contributed by atoms with E-state index in [1.807, 2.05) is 25.1 Å². The summed E-state index contributed by atoms with van der Waals surface area (Å²) in [6.45, 7) is 2.00. The summed E-state index contributed by atoms with van der Waals surface area (Å²) in [6.07, 6.45) is 3.69. The molecule has 0 aromatic heterocycles. The Morgan fingerprint density at radius 1 is 1.47 bits per heavy atom. The first-order valence-corrected chi connectivity index (χ1v) is 5.79. The lowest BCUT2D eigenvalue weighted by Crippen LogP contribution is -2.04. The van der Waals surface area contributed by atoms with Crippen molar-refractivity contribution < 1.29 is 4.79 Å². The van der Waals surface area contributed by atoms with Gasteiger partial charge in [0.1, 0.15) is 5.78 Å². The van der Waals surface area contributed by atoms with Crippen LogP contribution in [-0.4, -0.2) is 5.78 Å². The van der Waals surface area contributed by atoms with Gasteiger partial charge in [-0.2, -0.15) is 0 Å². The zero-order chi connectivity index (χ0) is 10.8. The first-order chi connectivity index (χ1) is 7.15. The van der Waals surface area contributed by atoms with Gasteiger partial charge in [-0.25, -0.2) is 0 Å². The van der Waals surface area contributed by atoms with E-state index in [1.54, 1.807) is 0 Å². The molecule has 1 aromatic rings. The average molecular weight is 223 g/mol. The van der Waals surface area contributed by atoms with Crippen molar-refractivity contribution in [3.63, 3.8) is 0 Å². The van der Waals surface area contributed by atoms with Crippen molar-refractivity contribution in [1.29, 1.82) is 0 Å². The van der Waals surface area contributed by atoms with Gasteiger partial charge in [-0.05, 0) is 42.9 Å². The number of aryl methyl sites for hydroxylation is 1. The molecule has 1 aliphatic rings. The van der Waals surface area contributed by atoms with Crippen molar-refractivity contribution in [2.24, 2.45) is 5.92 Å². The first-order valence-electron chi connectivity index (χ1n) is 5.42. The van der Waals surface area contributed by atoms with Crippen molar-refractivity contribution in [3.05, 3.63) is 34.3 Å². The molecule has 0 spiro atoms. The summed E-state index contributed by atoms with van der Waals surface area (Å²) in [4.78, 5) is 11.6. The Bertz CT molecular complexity index is 380.